The fraction of sp³-hybridized carbons (Fsp3) is 0.440. The van der Waals surface area contributed by atoms with Crippen LogP contribution >= 0.6 is 0 Å². The van der Waals surface area contributed by atoms with Gasteiger partial charge in [-0.2, -0.15) is 0 Å². The Balaban J connectivity index is 3.64. The van der Waals surface area contributed by atoms with Gasteiger partial charge in [0.15, 0.2) is 0 Å². The van der Waals surface area contributed by atoms with Crippen molar-refractivity contribution in [1.82, 2.24) is 5.32 Å². The van der Waals surface area contributed by atoms with Gasteiger partial charge in [0.05, 0.1) is 0 Å². The minimum absolute atomic E-state index is 0.237. The summed E-state index contributed by atoms with van der Waals surface area (Å²) >= 11 is 0. The molecule has 0 aliphatic heterocycles. The molecule has 0 aliphatic rings. The van der Waals surface area contributed by atoms with Crippen LogP contribution < -0.4 is 5.32 Å². The number of amides is 1. The zero-order chi connectivity index (χ0) is 21.6. The molecule has 0 aromatic heterocycles. The second-order valence-electron chi connectivity index (χ2n) is 6.58. The number of carbonyl (C=O) groups is 2. The summed E-state index contributed by atoms with van der Waals surface area (Å²) in [5.74, 6) is -1.26. The first-order valence-corrected chi connectivity index (χ1v) is 10.5. The van der Waals surface area contributed by atoms with Crippen molar-refractivity contribution in [3.8, 4) is 0 Å². The molecule has 4 heteroatoms. The molecule has 1 unspecified atom stereocenters. The first kappa shape index (κ1) is 26.4. The quantitative estimate of drug-likeness (QED) is 0.310. The number of hydrogen-bond donors (Lipinski definition) is 2. The summed E-state index contributed by atoms with van der Waals surface area (Å²) in [6.07, 6.45) is 32.4. The Morgan fingerprint density at radius 2 is 1.10 bits per heavy atom. The van der Waals surface area contributed by atoms with Gasteiger partial charge in [0.25, 0.3) is 0 Å². The maximum atomic E-state index is 11.5. The van der Waals surface area contributed by atoms with Gasteiger partial charge < -0.3 is 10.4 Å². The molecule has 4 nitrogen and oxygen atoms in total. The van der Waals surface area contributed by atoms with Gasteiger partial charge in [0.2, 0.25) is 5.91 Å². The van der Waals surface area contributed by atoms with Gasteiger partial charge in [-0.1, -0.05) is 79.8 Å². The van der Waals surface area contributed by atoms with Crippen LogP contribution in [0, 0.1) is 0 Å². The van der Waals surface area contributed by atoms with Crippen LogP contribution in [-0.2, 0) is 9.59 Å². The van der Waals surface area contributed by atoms with Crippen LogP contribution in [0.1, 0.15) is 65.2 Å². The molecule has 0 aliphatic carbocycles. The second kappa shape index (κ2) is 20.1. The summed E-state index contributed by atoms with van der Waals surface area (Å²) in [7, 11) is 0. The third-order valence-electron chi connectivity index (χ3n) is 3.88. The fourth-order valence-corrected chi connectivity index (χ4v) is 2.23. The molecule has 29 heavy (non-hydrogen) atoms. The van der Waals surface area contributed by atoms with Gasteiger partial charge in [0.1, 0.15) is 6.04 Å². The van der Waals surface area contributed by atoms with Crippen molar-refractivity contribution in [3.05, 3.63) is 72.9 Å². The topological polar surface area (TPSA) is 66.4 Å². The third kappa shape index (κ3) is 19.9. The van der Waals surface area contributed by atoms with E-state index in [4.69, 9.17) is 5.11 Å². The maximum absolute atomic E-state index is 11.5. The number of carboxylic acid groups (broad SMARTS) is 1. The number of hydrogen-bond acceptors (Lipinski definition) is 2. The van der Waals surface area contributed by atoms with E-state index in [-0.39, 0.29) is 5.91 Å². The summed E-state index contributed by atoms with van der Waals surface area (Å²) < 4.78 is 0. The Morgan fingerprint density at radius 1 is 0.724 bits per heavy atom. The SMILES string of the molecule is CC/C=C\C/C=C\C/C=C\C/C=C\C/C=C\C/C=C\CCC(=O)NC(C)C(=O)O. The van der Waals surface area contributed by atoms with Gasteiger partial charge in [0, 0.05) is 6.42 Å². The molecule has 0 rings (SSSR count). The van der Waals surface area contributed by atoms with Gasteiger partial charge in [-0.15, -0.1) is 0 Å². The van der Waals surface area contributed by atoms with Crippen LogP contribution in [0.3, 0.4) is 0 Å². The molecule has 0 aromatic rings. The monoisotopic (exact) mass is 399 g/mol. The molecule has 0 saturated heterocycles. The van der Waals surface area contributed by atoms with E-state index in [1.165, 1.54) is 6.92 Å². The zero-order valence-electron chi connectivity index (χ0n) is 17.9. The van der Waals surface area contributed by atoms with Crippen LogP contribution in [0.25, 0.3) is 0 Å². The molecular weight excluding hydrogens is 362 g/mol. The molecule has 0 bridgehead atoms. The van der Waals surface area contributed by atoms with Crippen LogP contribution in [-0.4, -0.2) is 23.0 Å². The lowest BCUT2D eigenvalue weighted by atomic mass is 10.2. The summed E-state index contributed by atoms with van der Waals surface area (Å²) in [4.78, 5) is 22.1. The number of nitrogens with one attached hydrogen (secondary N) is 1. The highest BCUT2D eigenvalue weighted by atomic mass is 16.4. The minimum atomic E-state index is -1.02. The van der Waals surface area contributed by atoms with Crippen molar-refractivity contribution in [2.45, 2.75) is 71.3 Å². The van der Waals surface area contributed by atoms with Gasteiger partial charge in [-0.25, -0.2) is 0 Å². The van der Waals surface area contributed by atoms with Crippen molar-refractivity contribution in [2.75, 3.05) is 0 Å². The van der Waals surface area contributed by atoms with E-state index in [0.29, 0.717) is 12.8 Å². The molecule has 1 amide bonds. The van der Waals surface area contributed by atoms with Crippen molar-refractivity contribution in [3.63, 3.8) is 0 Å². The van der Waals surface area contributed by atoms with Crippen molar-refractivity contribution < 1.29 is 14.7 Å². The van der Waals surface area contributed by atoms with Crippen molar-refractivity contribution in [2.24, 2.45) is 0 Å². The molecule has 160 valence electrons. The largest absolute Gasteiger partial charge is 0.480 e. The van der Waals surface area contributed by atoms with E-state index in [2.05, 4.69) is 73.0 Å². The van der Waals surface area contributed by atoms with E-state index in [0.717, 1.165) is 38.5 Å². The smallest absolute Gasteiger partial charge is 0.325 e. The number of aliphatic carboxylic acids is 1. The maximum Gasteiger partial charge on any atom is 0.325 e. The van der Waals surface area contributed by atoms with Gasteiger partial charge in [-0.05, 0) is 51.9 Å². The predicted molar refractivity (Wildman–Crippen MR) is 123 cm³/mol. The Bertz CT molecular complexity index is 610. The highest BCUT2D eigenvalue weighted by Crippen LogP contribution is 1.98. The summed E-state index contributed by atoms with van der Waals surface area (Å²) in [5, 5.41) is 11.2. The second-order valence-corrected chi connectivity index (χ2v) is 6.58. The summed E-state index contributed by atoms with van der Waals surface area (Å²) in [5.41, 5.74) is 0. The first-order valence-electron chi connectivity index (χ1n) is 10.5. The molecule has 0 aromatic carbocycles. The highest BCUT2D eigenvalue weighted by molar-refractivity contribution is 5.83. The fourth-order valence-electron chi connectivity index (χ4n) is 2.23. The molecule has 0 radical (unpaired) electrons. The van der Waals surface area contributed by atoms with Crippen LogP contribution in [0.5, 0.6) is 0 Å². The molecule has 1 atom stereocenters. The first-order chi connectivity index (χ1) is 14.1. The van der Waals surface area contributed by atoms with Gasteiger partial charge >= 0.3 is 5.97 Å². The summed E-state index contributed by atoms with van der Waals surface area (Å²) in [6.45, 7) is 3.60. The normalized spacial score (nSPS) is 13.7. The lowest BCUT2D eigenvalue weighted by molar-refractivity contribution is -0.141. The standard InChI is InChI=1S/C25H37NO3/c1-3-4-5-6-7-8-9-10-11-12-13-14-15-16-17-18-19-20-21-22-24(27)26-23(2)25(28)29/h4-5,7-8,10-11,13-14,16-17,19-20,23H,3,6,9,12,15,18,21-22H2,1-2H3,(H,26,27)(H,28,29)/b5-4-,8-7-,11-10-,14-13-,17-16-,20-19-. The highest BCUT2D eigenvalue weighted by Gasteiger charge is 2.12. The average molecular weight is 400 g/mol. The molecule has 2 N–H and O–H groups in total. The Kier molecular flexibility index (Phi) is 18.3. The zero-order valence-corrected chi connectivity index (χ0v) is 17.9. The number of carbonyl (C=O) groups excluding carboxylic acids is 1. The Hall–Kier alpha value is -2.62. The van der Waals surface area contributed by atoms with E-state index in [1.54, 1.807) is 0 Å². The predicted octanol–water partition coefficient (Wildman–Crippen LogP) is 6.05. The van der Waals surface area contributed by atoms with Crippen molar-refractivity contribution >= 4 is 11.9 Å². The summed E-state index contributed by atoms with van der Waals surface area (Å²) in [6, 6.07) is -0.840. The third-order valence-corrected chi connectivity index (χ3v) is 3.88. The van der Waals surface area contributed by atoms with Crippen LogP contribution in [0.15, 0.2) is 72.9 Å². The molecular formula is C25H37NO3. The lowest BCUT2D eigenvalue weighted by Crippen LogP contribution is -2.38. The van der Waals surface area contributed by atoms with E-state index in [1.807, 2.05) is 12.2 Å². The molecule has 0 fully saturated rings. The van der Waals surface area contributed by atoms with Crippen molar-refractivity contribution in [1.29, 1.82) is 0 Å². The Labute approximate surface area is 176 Å². The molecule has 0 heterocycles. The average Bonchev–Trinajstić information content (AvgIpc) is 2.69. The minimum Gasteiger partial charge on any atom is -0.480 e. The molecule has 0 spiro atoms. The van der Waals surface area contributed by atoms with Crippen LogP contribution in [0.2, 0.25) is 0 Å². The van der Waals surface area contributed by atoms with E-state index >= 15 is 0 Å². The lowest BCUT2D eigenvalue weighted by Gasteiger charge is -2.07. The molecule has 0 saturated carbocycles. The van der Waals surface area contributed by atoms with E-state index < -0.39 is 12.0 Å². The van der Waals surface area contributed by atoms with Crippen LogP contribution in [0.4, 0.5) is 0 Å². The Morgan fingerprint density at radius 3 is 1.48 bits per heavy atom. The number of carboxylic acids is 1. The number of allylic oxidation sites excluding steroid dienone is 12. The van der Waals surface area contributed by atoms with Gasteiger partial charge in [-0.3, -0.25) is 9.59 Å². The number of rotatable bonds is 16. The van der Waals surface area contributed by atoms with E-state index in [9.17, 15) is 9.59 Å².